The molecule has 0 saturated carbocycles. The Labute approximate surface area is 99.9 Å². The molecule has 0 aromatic heterocycles. The van der Waals surface area contributed by atoms with E-state index in [4.69, 9.17) is 21.1 Å². The molecule has 0 aliphatic carbocycles. The first-order valence-electron chi connectivity index (χ1n) is 4.66. The van der Waals surface area contributed by atoms with Gasteiger partial charge in [-0.05, 0) is 12.5 Å². The van der Waals surface area contributed by atoms with E-state index in [0.29, 0.717) is 5.57 Å². The van der Waals surface area contributed by atoms with Gasteiger partial charge in [-0.25, -0.2) is 0 Å². The second-order valence-electron chi connectivity index (χ2n) is 3.14. The van der Waals surface area contributed by atoms with Crippen LogP contribution < -0.4 is 0 Å². The van der Waals surface area contributed by atoms with E-state index in [9.17, 15) is 9.59 Å². The molecule has 90 valence electrons. The van der Waals surface area contributed by atoms with E-state index < -0.39 is 23.6 Å². The molecule has 0 N–H and O–H groups in total. The normalized spacial score (nSPS) is 14.9. The summed E-state index contributed by atoms with van der Waals surface area (Å²) in [4.78, 5) is 21.6. The van der Waals surface area contributed by atoms with Gasteiger partial charge in [0.15, 0.2) is 6.10 Å². The summed E-state index contributed by atoms with van der Waals surface area (Å²) in [6.45, 7) is 7.70. The lowest BCUT2D eigenvalue weighted by atomic mass is 10.1. The summed E-state index contributed by atoms with van der Waals surface area (Å²) < 4.78 is 9.72. The monoisotopic (exact) mass is 246 g/mol. The number of hydrogen-bond donors (Lipinski definition) is 0. The first-order valence-corrected chi connectivity index (χ1v) is 5.09. The van der Waals surface area contributed by atoms with Gasteiger partial charge in [-0.15, -0.1) is 0 Å². The number of rotatable bonds is 5. The number of hydrogen-bond acceptors (Lipinski definition) is 4. The number of alkyl halides is 1. The molecule has 0 saturated heterocycles. The third-order valence-corrected chi connectivity index (χ3v) is 1.96. The largest absolute Gasteiger partial charge is 0.453 e. The highest BCUT2D eigenvalue weighted by molar-refractivity contribution is 6.20. The lowest BCUT2D eigenvalue weighted by Crippen LogP contribution is -2.31. The van der Waals surface area contributed by atoms with Crippen LogP contribution in [0, 0.1) is 0 Å². The molecular weight excluding hydrogens is 232 g/mol. The van der Waals surface area contributed by atoms with Crippen molar-refractivity contribution in [1.29, 1.82) is 0 Å². The molecule has 0 rings (SSSR count). The highest BCUT2D eigenvalue weighted by Crippen LogP contribution is 2.17. The number of carbonyl (C=O) groups is 2. The first kappa shape index (κ1) is 14.7. The van der Waals surface area contributed by atoms with Crippen LogP contribution in [0.5, 0.6) is 0 Å². The second-order valence-corrected chi connectivity index (χ2v) is 3.57. The fourth-order valence-corrected chi connectivity index (χ4v) is 1.41. The molecule has 0 heterocycles. The van der Waals surface area contributed by atoms with Gasteiger partial charge in [0, 0.05) is 13.8 Å². The number of halogens is 1. The van der Waals surface area contributed by atoms with Gasteiger partial charge in [-0.2, -0.15) is 0 Å². The van der Waals surface area contributed by atoms with Crippen LogP contribution in [0.15, 0.2) is 24.3 Å². The molecule has 0 aliphatic rings. The number of carbonyl (C=O) groups excluding carboxylic acids is 2. The van der Waals surface area contributed by atoms with Crippen molar-refractivity contribution < 1.29 is 19.1 Å². The predicted octanol–water partition coefficient (Wildman–Crippen LogP) is 2.18. The van der Waals surface area contributed by atoms with Crippen molar-refractivity contribution in [2.45, 2.75) is 32.4 Å². The zero-order chi connectivity index (χ0) is 12.7. The van der Waals surface area contributed by atoms with Crippen LogP contribution in [0.2, 0.25) is 0 Å². The van der Waals surface area contributed by atoms with Crippen LogP contribution in [-0.2, 0) is 19.1 Å². The van der Waals surface area contributed by atoms with Gasteiger partial charge in [0.05, 0.1) is 0 Å². The molecule has 0 aliphatic heterocycles. The van der Waals surface area contributed by atoms with E-state index in [1.807, 2.05) is 0 Å². The molecule has 0 amide bonds. The smallest absolute Gasteiger partial charge is 0.304 e. The lowest BCUT2D eigenvalue weighted by molar-refractivity contribution is -0.156. The van der Waals surface area contributed by atoms with E-state index in [0.717, 1.165) is 0 Å². The summed E-state index contributed by atoms with van der Waals surface area (Å²) in [6.07, 6.45) is 2.36. The summed E-state index contributed by atoms with van der Waals surface area (Å²) in [5, 5.41) is 0. The quantitative estimate of drug-likeness (QED) is 0.424. The van der Waals surface area contributed by atoms with Gasteiger partial charge in [0.25, 0.3) is 0 Å². The number of allylic oxidation sites excluding steroid dienone is 2. The Morgan fingerprint density at radius 1 is 1.19 bits per heavy atom. The zero-order valence-electron chi connectivity index (χ0n) is 9.53. The molecule has 4 nitrogen and oxygen atoms in total. The average Bonchev–Trinajstić information content (AvgIpc) is 2.12. The summed E-state index contributed by atoms with van der Waals surface area (Å²) in [7, 11) is 0. The molecule has 0 aromatic rings. The minimum Gasteiger partial charge on any atom is -0.453 e. The summed E-state index contributed by atoms with van der Waals surface area (Å²) in [5.41, 5.74) is -0.399. The average molecular weight is 247 g/mol. The molecule has 0 spiro atoms. The minimum absolute atomic E-state index is 0.500. The van der Waals surface area contributed by atoms with Gasteiger partial charge in [0.2, 0.25) is 5.56 Å². The zero-order valence-corrected chi connectivity index (χ0v) is 10.3. The van der Waals surface area contributed by atoms with Crippen molar-refractivity contribution in [2.24, 2.45) is 0 Å². The highest BCUT2D eigenvalue weighted by Gasteiger charge is 2.26. The Morgan fingerprint density at radius 3 is 2.06 bits per heavy atom. The standard InChI is InChI=1S/C11H15ClO4/c1-5-6-7(2)10(15-8(3)13)11(12)16-9(4)14/h5-6,10-11H,1H2,2-4H3/b7-6-. The Morgan fingerprint density at radius 2 is 1.69 bits per heavy atom. The topological polar surface area (TPSA) is 52.6 Å². The molecule has 0 bridgehead atoms. The highest BCUT2D eigenvalue weighted by atomic mass is 35.5. The maximum Gasteiger partial charge on any atom is 0.304 e. The molecular formula is C11H15ClO4. The van der Waals surface area contributed by atoms with Crippen molar-refractivity contribution in [1.82, 2.24) is 0 Å². The van der Waals surface area contributed by atoms with Crippen molar-refractivity contribution in [3.8, 4) is 0 Å². The third-order valence-electron chi connectivity index (χ3n) is 1.64. The predicted molar refractivity (Wildman–Crippen MR) is 60.9 cm³/mol. The van der Waals surface area contributed by atoms with Crippen LogP contribution in [0.3, 0.4) is 0 Å². The van der Waals surface area contributed by atoms with Crippen LogP contribution in [0.4, 0.5) is 0 Å². The third kappa shape index (κ3) is 5.56. The van der Waals surface area contributed by atoms with E-state index >= 15 is 0 Å². The summed E-state index contributed by atoms with van der Waals surface area (Å²) in [5.74, 6) is -1.04. The molecule has 16 heavy (non-hydrogen) atoms. The lowest BCUT2D eigenvalue weighted by Gasteiger charge is -2.22. The molecule has 0 fully saturated rings. The van der Waals surface area contributed by atoms with Crippen LogP contribution in [0.1, 0.15) is 20.8 Å². The van der Waals surface area contributed by atoms with E-state index in [-0.39, 0.29) is 0 Å². The Kier molecular flexibility index (Phi) is 6.49. The molecule has 2 unspecified atom stereocenters. The van der Waals surface area contributed by atoms with Gasteiger partial charge >= 0.3 is 11.9 Å². The second kappa shape index (κ2) is 7.06. The maximum absolute atomic E-state index is 10.9. The van der Waals surface area contributed by atoms with Gasteiger partial charge < -0.3 is 9.47 Å². The van der Waals surface area contributed by atoms with Gasteiger partial charge in [-0.1, -0.05) is 30.3 Å². The molecule has 2 atom stereocenters. The molecule has 5 heteroatoms. The van der Waals surface area contributed by atoms with Crippen molar-refractivity contribution in [2.75, 3.05) is 0 Å². The van der Waals surface area contributed by atoms with Crippen LogP contribution in [-0.4, -0.2) is 23.6 Å². The summed E-state index contributed by atoms with van der Waals surface area (Å²) in [6, 6.07) is 0. The fraction of sp³-hybridized carbons (Fsp3) is 0.455. The SMILES string of the molecule is C=C/C=C(/C)C(OC(C)=O)C(Cl)OC(C)=O. The fourth-order valence-electron chi connectivity index (χ4n) is 1.03. The van der Waals surface area contributed by atoms with Crippen molar-refractivity contribution in [3.63, 3.8) is 0 Å². The maximum atomic E-state index is 10.9. The Hall–Kier alpha value is -1.29. The van der Waals surface area contributed by atoms with E-state index in [1.54, 1.807) is 13.0 Å². The Balaban J connectivity index is 4.77. The summed E-state index contributed by atoms with van der Waals surface area (Å²) >= 11 is 5.82. The van der Waals surface area contributed by atoms with Crippen molar-refractivity contribution >= 4 is 23.5 Å². The van der Waals surface area contributed by atoms with E-state index in [2.05, 4.69) is 6.58 Å². The number of ether oxygens (including phenoxy) is 2. The molecule has 0 radical (unpaired) electrons. The van der Waals surface area contributed by atoms with Crippen LogP contribution >= 0.6 is 11.6 Å². The van der Waals surface area contributed by atoms with E-state index in [1.165, 1.54) is 19.9 Å². The number of esters is 2. The Bertz CT molecular complexity index is 309. The first-order chi connectivity index (χ1) is 7.38. The van der Waals surface area contributed by atoms with Crippen LogP contribution in [0.25, 0.3) is 0 Å². The van der Waals surface area contributed by atoms with Gasteiger partial charge in [-0.3, -0.25) is 9.59 Å². The minimum atomic E-state index is -1.04. The van der Waals surface area contributed by atoms with Gasteiger partial charge in [0.1, 0.15) is 0 Å². The van der Waals surface area contributed by atoms with Crippen molar-refractivity contribution in [3.05, 3.63) is 24.3 Å². The molecule has 0 aromatic carbocycles.